The van der Waals surface area contributed by atoms with E-state index < -0.39 is 0 Å². The van der Waals surface area contributed by atoms with Crippen LogP contribution < -0.4 is 0 Å². The quantitative estimate of drug-likeness (QED) is 0.402. The van der Waals surface area contributed by atoms with Crippen LogP contribution in [0.2, 0.25) is 0 Å². The molecule has 4 heteroatoms. The van der Waals surface area contributed by atoms with Crippen LogP contribution in [0, 0.1) is 0 Å². The first-order chi connectivity index (χ1) is 9.20. The highest BCUT2D eigenvalue weighted by atomic mass is 16.6. The van der Waals surface area contributed by atoms with Crippen LogP contribution in [0.1, 0.15) is 71.6 Å². The second-order valence-electron chi connectivity index (χ2n) is 4.71. The fraction of sp³-hybridized carbons (Fsp3) is 0.867. The highest BCUT2D eigenvalue weighted by Crippen LogP contribution is 2.07. The van der Waals surface area contributed by atoms with Crippen LogP contribution in [-0.4, -0.2) is 25.2 Å². The summed E-state index contributed by atoms with van der Waals surface area (Å²) in [7, 11) is 0. The molecule has 0 aliphatic rings. The summed E-state index contributed by atoms with van der Waals surface area (Å²) in [4.78, 5) is 22.4. The second-order valence-corrected chi connectivity index (χ2v) is 4.71. The molecular formula is C15H28O4. The van der Waals surface area contributed by atoms with Gasteiger partial charge in [-0.05, 0) is 12.8 Å². The maximum Gasteiger partial charge on any atom is 0.305 e. The summed E-state index contributed by atoms with van der Waals surface area (Å²) in [5, 5.41) is 0. The van der Waals surface area contributed by atoms with Crippen LogP contribution in [0.3, 0.4) is 0 Å². The number of unbranched alkanes of at least 4 members (excludes halogenated alkanes) is 5. The zero-order valence-electron chi connectivity index (χ0n) is 12.4. The lowest BCUT2D eigenvalue weighted by Gasteiger charge is -2.06. The van der Waals surface area contributed by atoms with Gasteiger partial charge in [0.15, 0.2) is 0 Å². The van der Waals surface area contributed by atoms with Gasteiger partial charge in [0.25, 0.3) is 0 Å². The first-order valence-electron chi connectivity index (χ1n) is 7.52. The van der Waals surface area contributed by atoms with Gasteiger partial charge in [0.2, 0.25) is 0 Å². The molecule has 0 atom stereocenters. The summed E-state index contributed by atoms with van der Waals surface area (Å²) in [5.74, 6) is -0.420. The topological polar surface area (TPSA) is 52.6 Å². The van der Waals surface area contributed by atoms with E-state index in [1.54, 1.807) is 0 Å². The van der Waals surface area contributed by atoms with Crippen LogP contribution in [0.4, 0.5) is 0 Å². The molecule has 112 valence electrons. The van der Waals surface area contributed by atoms with E-state index >= 15 is 0 Å². The Balaban J connectivity index is 3.28. The van der Waals surface area contributed by atoms with Gasteiger partial charge in [0.1, 0.15) is 13.2 Å². The summed E-state index contributed by atoms with van der Waals surface area (Å²) in [6, 6.07) is 0. The summed E-state index contributed by atoms with van der Waals surface area (Å²) in [6.07, 6.45) is 8.58. The van der Waals surface area contributed by atoms with Crippen LogP contribution in [0.5, 0.6) is 0 Å². The lowest BCUT2D eigenvalue weighted by Crippen LogP contribution is -2.13. The van der Waals surface area contributed by atoms with Crippen molar-refractivity contribution >= 4 is 11.9 Å². The number of hydrogen-bond donors (Lipinski definition) is 0. The van der Waals surface area contributed by atoms with Gasteiger partial charge in [0, 0.05) is 12.8 Å². The zero-order chi connectivity index (χ0) is 14.3. The molecule has 0 aromatic rings. The van der Waals surface area contributed by atoms with E-state index in [1.165, 1.54) is 25.7 Å². The van der Waals surface area contributed by atoms with Crippen molar-refractivity contribution in [1.29, 1.82) is 0 Å². The Kier molecular flexibility index (Phi) is 12.6. The van der Waals surface area contributed by atoms with E-state index in [4.69, 9.17) is 9.47 Å². The first kappa shape index (κ1) is 17.9. The molecule has 4 nitrogen and oxygen atoms in total. The van der Waals surface area contributed by atoms with Crippen LogP contribution in [0.25, 0.3) is 0 Å². The highest BCUT2D eigenvalue weighted by molar-refractivity contribution is 5.70. The fourth-order valence-corrected chi connectivity index (χ4v) is 1.71. The summed E-state index contributed by atoms with van der Waals surface area (Å²) < 4.78 is 9.87. The predicted molar refractivity (Wildman–Crippen MR) is 74.8 cm³/mol. The summed E-state index contributed by atoms with van der Waals surface area (Å²) in [5.41, 5.74) is 0. The minimum Gasteiger partial charge on any atom is -0.462 e. The van der Waals surface area contributed by atoms with E-state index in [1.807, 2.05) is 6.92 Å². The minimum absolute atomic E-state index is 0.168. The average Bonchev–Trinajstić information content (AvgIpc) is 2.39. The van der Waals surface area contributed by atoms with Gasteiger partial charge in [-0.2, -0.15) is 0 Å². The minimum atomic E-state index is -0.227. The van der Waals surface area contributed by atoms with E-state index in [2.05, 4.69) is 6.92 Å². The van der Waals surface area contributed by atoms with E-state index in [9.17, 15) is 9.59 Å². The molecule has 0 amide bonds. The zero-order valence-corrected chi connectivity index (χ0v) is 12.4. The normalized spacial score (nSPS) is 10.2. The maximum absolute atomic E-state index is 11.3. The molecule has 0 spiro atoms. The molecule has 0 N–H and O–H groups in total. The molecule has 0 saturated carbocycles. The van der Waals surface area contributed by atoms with Crippen molar-refractivity contribution < 1.29 is 19.1 Å². The van der Waals surface area contributed by atoms with Crippen molar-refractivity contribution in [2.75, 3.05) is 13.2 Å². The largest absolute Gasteiger partial charge is 0.462 e. The van der Waals surface area contributed by atoms with Gasteiger partial charge in [-0.25, -0.2) is 0 Å². The Labute approximate surface area is 116 Å². The highest BCUT2D eigenvalue weighted by Gasteiger charge is 2.04. The number of esters is 2. The van der Waals surface area contributed by atoms with Crippen molar-refractivity contribution in [1.82, 2.24) is 0 Å². The van der Waals surface area contributed by atoms with Crippen LogP contribution in [-0.2, 0) is 19.1 Å². The average molecular weight is 272 g/mol. The van der Waals surface area contributed by atoms with Gasteiger partial charge < -0.3 is 9.47 Å². The third kappa shape index (κ3) is 13.2. The number of carbonyl (C=O) groups excluding carboxylic acids is 2. The van der Waals surface area contributed by atoms with Crippen molar-refractivity contribution in [2.45, 2.75) is 71.6 Å². The number of rotatable bonds is 12. The van der Waals surface area contributed by atoms with Gasteiger partial charge >= 0.3 is 11.9 Å². The Morgan fingerprint density at radius 3 is 1.79 bits per heavy atom. The lowest BCUT2D eigenvalue weighted by atomic mass is 10.1. The molecule has 0 aliphatic heterocycles. The predicted octanol–water partition coefficient (Wildman–Crippen LogP) is 3.62. The molecule has 0 rings (SSSR count). The van der Waals surface area contributed by atoms with Crippen molar-refractivity contribution in [3.05, 3.63) is 0 Å². The van der Waals surface area contributed by atoms with Crippen molar-refractivity contribution in [3.8, 4) is 0 Å². The molecule has 0 unspecified atom stereocenters. The molecule has 0 aromatic carbocycles. The van der Waals surface area contributed by atoms with Gasteiger partial charge in [-0.1, -0.05) is 46.0 Å². The number of hydrogen-bond acceptors (Lipinski definition) is 4. The van der Waals surface area contributed by atoms with Crippen molar-refractivity contribution in [3.63, 3.8) is 0 Å². The molecule has 0 bridgehead atoms. The van der Waals surface area contributed by atoms with Crippen LogP contribution in [0.15, 0.2) is 0 Å². The number of ether oxygens (including phenoxy) is 2. The number of carbonyl (C=O) groups is 2. The van der Waals surface area contributed by atoms with E-state index in [0.717, 1.165) is 19.3 Å². The SMILES string of the molecule is CCCCCCCCC(=O)OCCOC(=O)CCC. The van der Waals surface area contributed by atoms with Gasteiger partial charge in [-0.15, -0.1) is 0 Å². The smallest absolute Gasteiger partial charge is 0.305 e. The Morgan fingerprint density at radius 2 is 1.21 bits per heavy atom. The monoisotopic (exact) mass is 272 g/mol. The molecule has 0 fully saturated rings. The fourth-order valence-electron chi connectivity index (χ4n) is 1.71. The van der Waals surface area contributed by atoms with Crippen LogP contribution >= 0.6 is 0 Å². The molecule has 0 aliphatic carbocycles. The third-order valence-corrected chi connectivity index (χ3v) is 2.80. The third-order valence-electron chi connectivity index (χ3n) is 2.80. The molecular weight excluding hydrogens is 244 g/mol. The van der Waals surface area contributed by atoms with Crippen molar-refractivity contribution in [2.24, 2.45) is 0 Å². The molecule has 0 aromatic heterocycles. The standard InChI is InChI=1S/C15H28O4/c1-3-5-6-7-8-9-11-15(17)19-13-12-18-14(16)10-4-2/h3-13H2,1-2H3. The molecule has 0 saturated heterocycles. The first-order valence-corrected chi connectivity index (χ1v) is 7.52. The van der Waals surface area contributed by atoms with E-state index in [0.29, 0.717) is 12.8 Å². The van der Waals surface area contributed by atoms with E-state index in [-0.39, 0.29) is 25.2 Å². The summed E-state index contributed by atoms with van der Waals surface area (Å²) >= 11 is 0. The maximum atomic E-state index is 11.3. The van der Waals surface area contributed by atoms with Gasteiger partial charge in [0.05, 0.1) is 0 Å². The Morgan fingerprint density at radius 1 is 0.684 bits per heavy atom. The Hall–Kier alpha value is -1.06. The van der Waals surface area contributed by atoms with Gasteiger partial charge in [-0.3, -0.25) is 9.59 Å². The molecule has 19 heavy (non-hydrogen) atoms. The molecule has 0 heterocycles. The Bertz CT molecular complexity index is 238. The molecule has 0 radical (unpaired) electrons. The summed E-state index contributed by atoms with van der Waals surface area (Å²) in [6.45, 7) is 4.44. The lowest BCUT2D eigenvalue weighted by molar-refractivity contribution is -0.152. The second kappa shape index (κ2) is 13.4.